The second-order valence-electron chi connectivity index (χ2n) is 6.99. The van der Waals surface area contributed by atoms with Crippen molar-refractivity contribution in [3.05, 3.63) is 0 Å². The molecule has 1 amide bonds. The quantitative estimate of drug-likeness (QED) is 0.757. The van der Waals surface area contributed by atoms with Crippen LogP contribution in [-0.2, 0) is 4.79 Å². The minimum atomic E-state index is 0.392. The van der Waals surface area contributed by atoms with E-state index in [4.69, 9.17) is 0 Å². The molecule has 4 fully saturated rings. The number of rotatable bonds is 3. The molecule has 18 heavy (non-hydrogen) atoms. The van der Waals surface area contributed by atoms with E-state index in [9.17, 15) is 4.79 Å². The first-order chi connectivity index (χ1) is 8.79. The molecule has 1 heterocycles. The van der Waals surface area contributed by atoms with Crippen molar-refractivity contribution in [1.82, 2.24) is 9.80 Å². The Kier molecular flexibility index (Phi) is 2.65. The Morgan fingerprint density at radius 2 is 1.61 bits per heavy atom. The van der Waals surface area contributed by atoms with Crippen LogP contribution in [0.5, 0.6) is 0 Å². The van der Waals surface area contributed by atoms with Crippen LogP contribution in [0.4, 0.5) is 0 Å². The average molecular weight is 248 g/mol. The SMILES string of the molecule is O=C(C1CC2CC2C1)N1CCN(CC2CC2)CC1. The number of nitrogens with zero attached hydrogens (tertiary/aromatic N) is 2. The minimum absolute atomic E-state index is 0.392. The molecule has 0 radical (unpaired) electrons. The van der Waals surface area contributed by atoms with E-state index in [-0.39, 0.29) is 0 Å². The van der Waals surface area contributed by atoms with E-state index < -0.39 is 0 Å². The highest BCUT2D eigenvalue weighted by atomic mass is 16.2. The van der Waals surface area contributed by atoms with E-state index in [0.29, 0.717) is 11.8 Å². The van der Waals surface area contributed by atoms with Gasteiger partial charge in [-0.05, 0) is 49.9 Å². The number of hydrogen-bond acceptors (Lipinski definition) is 2. The summed E-state index contributed by atoms with van der Waals surface area (Å²) in [5.41, 5.74) is 0. The second kappa shape index (κ2) is 4.22. The van der Waals surface area contributed by atoms with E-state index in [2.05, 4.69) is 9.80 Å². The predicted molar refractivity (Wildman–Crippen MR) is 70.1 cm³/mol. The van der Waals surface area contributed by atoms with Crippen LogP contribution in [-0.4, -0.2) is 48.4 Å². The summed E-state index contributed by atoms with van der Waals surface area (Å²) < 4.78 is 0. The summed E-state index contributed by atoms with van der Waals surface area (Å²) in [6, 6.07) is 0. The van der Waals surface area contributed by atoms with Crippen molar-refractivity contribution < 1.29 is 4.79 Å². The highest BCUT2D eigenvalue weighted by Crippen LogP contribution is 2.54. The lowest BCUT2D eigenvalue weighted by Gasteiger charge is -2.36. The number of carbonyl (C=O) groups is 1. The Hall–Kier alpha value is -0.570. The molecular formula is C15H24N2O. The Labute approximate surface area is 110 Å². The Bertz CT molecular complexity index is 334. The number of amides is 1. The lowest BCUT2D eigenvalue weighted by molar-refractivity contribution is -0.137. The number of carbonyl (C=O) groups excluding carboxylic acids is 1. The van der Waals surface area contributed by atoms with Crippen LogP contribution < -0.4 is 0 Å². The third-order valence-electron chi connectivity index (χ3n) is 5.49. The lowest BCUT2D eigenvalue weighted by atomic mass is 10.0. The van der Waals surface area contributed by atoms with Gasteiger partial charge in [0.05, 0.1) is 0 Å². The van der Waals surface area contributed by atoms with Crippen molar-refractivity contribution in [3.8, 4) is 0 Å². The summed E-state index contributed by atoms with van der Waals surface area (Å²) in [6.07, 6.45) is 6.69. The Morgan fingerprint density at radius 1 is 0.944 bits per heavy atom. The van der Waals surface area contributed by atoms with E-state index >= 15 is 0 Å². The fourth-order valence-electron chi connectivity index (χ4n) is 3.99. The molecule has 3 heteroatoms. The molecule has 4 aliphatic rings. The van der Waals surface area contributed by atoms with Crippen molar-refractivity contribution in [2.45, 2.75) is 32.1 Å². The van der Waals surface area contributed by atoms with Crippen molar-refractivity contribution in [3.63, 3.8) is 0 Å². The van der Waals surface area contributed by atoms with Crippen molar-refractivity contribution >= 4 is 5.91 Å². The molecule has 1 aliphatic heterocycles. The minimum Gasteiger partial charge on any atom is -0.340 e. The van der Waals surface area contributed by atoms with Gasteiger partial charge in [-0.15, -0.1) is 0 Å². The van der Waals surface area contributed by atoms with E-state index in [1.807, 2.05) is 0 Å². The number of fused-ring (bicyclic) bond motifs is 1. The lowest BCUT2D eigenvalue weighted by Crippen LogP contribution is -2.50. The summed E-state index contributed by atoms with van der Waals surface area (Å²) in [5, 5.41) is 0. The van der Waals surface area contributed by atoms with Gasteiger partial charge in [-0.2, -0.15) is 0 Å². The number of hydrogen-bond donors (Lipinski definition) is 0. The molecule has 2 unspecified atom stereocenters. The van der Waals surface area contributed by atoms with Crippen LogP contribution in [0.15, 0.2) is 0 Å². The molecule has 3 saturated carbocycles. The van der Waals surface area contributed by atoms with Crippen LogP contribution in [0, 0.1) is 23.7 Å². The van der Waals surface area contributed by atoms with Gasteiger partial charge in [-0.1, -0.05) is 0 Å². The molecular weight excluding hydrogens is 224 g/mol. The van der Waals surface area contributed by atoms with E-state index in [0.717, 1.165) is 43.9 Å². The smallest absolute Gasteiger partial charge is 0.225 e. The van der Waals surface area contributed by atoms with Crippen molar-refractivity contribution in [2.75, 3.05) is 32.7 Å². The van der Waals surface area contributed by atoms with Crippen molar-refractivity contribution in [1.29, 1.82) is 0 Å². The zero-order valence-corrected chi connectivity index (χ0v) is 11.2. The average Bonchev–Trinajstić information content (AvgIpc) is 3.31. The standard InChI is InChI=1S/C15H24N2O/c18-15(14-8-12-7-13(12)9-14)17-5-3-16(4-6-17)10-11-1-2-11/h11-14H,1-10H2. The summed E-state index contributed by atoms with van der Waals surface area (Å²) in [6.45, 7) is 5.48. The van der Waals surface area contributed by atoms with Gasteiger partial charge in [0.2, 0.25) is 5.91 Å². The number of piperazine rings is 1. The molecule has 0 aromatic rings. The maximum atomic E-state index is 12.4. The molecule has 0 bridgehead atoms. The third-order valence-corrected chi connectivity index (χ3v) is 5.49. The molecule has 3 aliphatic carbocycles. The first kappa shape index (κ1) is 11.3. The van der Waals surface area contributed by atoms with Gasteiger partial charge in [0.25, 0.3) is 0 Å². The molecule has 0 N–H and O–H groups in total. The van der Waals surface area contributed by atoms with Gasteiger partial charge in [0.1, 0.15) is 0 Å². The summed E-state index contributed by atoms with van der Waals surface area (Å²) in [5.74, 6) is 3.71. The van der Waals surface area contributed by atoms with Gasteiger partial charge in [0, 0.05) is 38.6 Å². The van der Waals surface area contributed by atoms with Crippen molar-refractivity contribution in [2.24, 2.45) is 23.7 Å². The highest BCUT2D eigenvalue weighted by Gasteiger charge is 2.48. The third kappa shape index (κ3) is 2.18. The van der Waals surface area contributed by atoms with Gasteiger partial charge < -0.3 is 4.90 Å². The predicted octanol–water partition coefficient (Wildman–Crippen LogP) is 1.59. The Balaban J connectivity index is 1.26. The fourth-order valence-corrected chi connectivity index (χ4v) is 3.99. The van der Waals surface area contributed by atoms with E-state index in [1.54, 1.807) is 0 Å². The first-order valence-electron chi connectivity index (χ1n) is 7.81. The zero-order valence-electron chi connectivity index (χ0n) is 11.2. The van der Waals surface area contributed by atoms with Gasteiger partial charge in [0.15, 0.2) is 0 Å². The molecule has 0 aromatic carbocycles. The molecule has 3 nitrogen and oxygen atoms in total. The van der Waals surface area contributed by atoms with E-state index in [1.165, 1.54) is 38.6 Å². The van der Waals surface area contributed by atoms with Crippen LogP contribution >= 0.6 is 0 Å². The van der Waals surface area contributed by atoms with Gasteiger partial charge >= 0.3 is 0 Å². The topological polar surface area (TPSA) is 23.6 Å². The molecule has 4 rings (SSSR count). The Morgan fingerprint density at radius 3 is 2.22 bits per heavy atom. The van der Waals surface area contributed by atoms with Crippen LogP contribution in [0.25, 0.3) is 0 Å². The normalized spacial score (nSPS) is 39.8. The summed E-state index contributed by atoms with van der Waals surface area (Å²) in [7, 11) is 0. The molecule has 0 aromatic heterocycles. The summed E-state index contributed by atoms with van der Waals surface area (Å²) >= 11 is 0. The molecule has 2 atom stereocenters. The molecule has 100 valence electrons. The zero-order chi connectivity index (χ0) is 12.1. The largest absolute Gasteiger partial charge is 0.340 e. The van der Waals surface area contributed by atoms with Gasteiger partial charge in [-0.25, -0.2) is 0 Å². The maximum absolute atomic E-state index is 12.4. The van der Waals surface area contributed by atoms with Crippen LogP contribution in [0.1, 0.15) is 32.1 Å². The molecule has 1 saturated heterocycles. The van der Waals surface area contributed by atoms with Gasteiger partial charge in [-0.3, -0.25) is 9.69 Å². The fraction of sp³-hybridized carbons (Fsp3) is 0.933. The second-order valence-corrected chi connectivity index (χ2v) is 6.99. The maximum Gasteiger partial charge on any atom is 0.225 e. The van der Waals surface area contributed by atoms with Crippen LogP contribution in [0.3, 0.4) is 0 Å². The monoisotopic (exact) mass is 248 g/mol. The van der Waals surface area contributed by atoms with Crippen LogP contribution in [0.2, 0.25) is 0 Å². The highest BCUT2D eigenvalue weighted by molar-refractivity contribution is 5.79. The molecule has 0 spiro atoms. The summed E-state index contributed by atoms with van der Waals surface area (Å²) in [4.78, 5) is 17.1. The first-order valence-corrected chi connectivity index (χ1v) is 7.81.